The molecule has 3 nitrogen and oxygen atoms in total. The second-order valence-corrected chi connectivity index (χ2v) is 6.11. The van der Waals surface area contributed by atoms with Gasteiger partial charge in [-0.15, -0.1) is 0 Å². The van der Waals surface area contributed by atoms with Gasteiger partial charge in [0, 0.05) is 12.1 Å². The van der Waals surface area contributed by atoms with Crippen molar-refractivity contribution in [1.29, 1.82) is 0 Å². The van der Waals surface area contributed by atoms with Gasteiger partial charge in [-0.25, -0.2) is 4.98 Å². The third-order valence-corrected chi connectivity index (χ3v) is 4.08. The monoisotopic (exact) mass is 278 g/mol. The van der Waals surface area contributed by atoms with E-state index in [2.05, 4.69) is 51.0 Å². The van der Waals surface area contributed by atoms with Crippen LogP contribution in [0.3, 0.4) is 0 Å². The number of hydrogen-bond donors (Lipinski definition) is 1. The predicted octanol–water partition coefficient (Wildman–Crippen LogP) is 4.52. The maximum Gasteiger partial charge on any atom is 0.183 e. The van der Waals surface area contributed by atoms with Gasteiger partial charge in [-0.2, -0.15) is 0 Å². The highest BCUT2D eigenvalue weighted by molar-refractivity contribution is 7.22. The molecule has 0 aliphatic carbocycles. The number of hydrogen-bond acceptors (Lipinski definition) is 4. The Balaban J connectivity index is 2.45. The third-order valence-electron chi connectivity index (χ3n) is 2.95. The van der Waals surface area contributed by atoms with Crippen LogP contribution in [0.25, 0.3) is 10.2 Å². The molecule has 0 amide bonds. The molecule has 0 aliphatic heterocycles. The van der Waals surface area contributed by atoms with E-state index in [4.69, 9.17) is 4.74 Å². The number of fused-ring (bicyclic) bond motifs is 1. The van der Waals surface area contributed by atoms with Crippen LogP contribution in [0.15, 0.2) is 6.07 Å². The first-order valence-electron chi connectivity index (χ1n) is 6.84. The van der Waals surface area contributed by atoms with E-state index in [1.54, 1.807) is 11.3 Å². The molecular weight excluding hydrogens is 256 g/mol. The summed E-state index contributed by atoms with van der Waals surface area (Å²) in [6.45, 7) is 11.4. The van der Waals surface area contributed by atoms with Crippen LogP contribution in [-0.2, 0) is 0 Å². The van der Waals surface area contributed by atoms with Crippen LogP contribution in [0.1, 0.15) is 38.3 Å². The highest BCUT2D eigenvalue weighted by atomic mass is 32.1. The summed E-state index contributed by atoms with van der Waals surface area (Å²) in [6.07, 6.45) is 1.30. The number of rotatable bonds is 5. The maximum atomic E-state index is 5.88. The van der Waals surface area contributed by atoms with Gasteiger partial charge in [-0.05, 0) is 45.7 Å². The first kappa shape index (κ1) is 14.1. The Morgan fingerprint density at radius 2 is 2.11 bits per heavy atom. The molecule has 0 atom stereocenters. The molecule has 2 rings (SSSR count). The second kappa shape index (κ2) is 5.78. The average molecular weight is 278 g/mol. The van der Waals surface area contributed by atoms with Crippen molar-refractivity contribution in [3.63, 3.8) is 0 Å². The molecule has 1 N–H and O–H groups in total. The molecule has 0 radical (unpaired) electrons. The molecule has 0 spiro atoms. The van der Waals surface area contributed by atoms with Gasteiger partial charge >= 0.3 is 0 Å². The average Bonchev–Trinajstić information content (AvgIpc) is 2.77. The Hall–Kier alpha value is -1.29. The minimum atomic E-state index is 0.196. The number of aromatic nitrogens is 1. The zero-order valence-electron chi connectivity index (χ0n) is 12.3. The van der Waals surface area contributed by atoms with Crippen LogP contribution in [0.5, 0.6) is 5.75 Å². The van der Waals surface area contributed by atoms with Gasteiger partial charge in [-0.3, -0.25) is 0 Å². The van der Waals surface area contributed by atoms with Crippen molar-refractivity contribution < 1.29 is 4.74 Å². The van der Waals surface area contributed by atoms with Crippen molar-refractivity contribution in [3.8, 4) is 5.75 Å². The lowest BCUT2D eigenvalue weighted by Gasteiger charge is -2.13. The van der Waals surface area contributed by atoms with Gasteiger partial charge < -0.3 is 10.1 Å². The van der Waals surface area contributed by atoms with Gasteiger partial charge in [0.2, 0.25) is 0 Å². The fraction of sp³-hybridized carbons (Fsp3) is 0.533. The largest absolute Gasteiger partial charge is 0.491 e. The van der Waals surface area contributed by atoms with Crippen LogP contribution in [0, 0.1) is 13.8 Å². The normalized spacial score (nSPS) is 11.3. The fourth-order valence-corrected chi connectivity index (χ4v) is 3.07. The lowest BCUT2D eigenvalue weighted by Crippen LogP contribution is -2.06. The second-order valence-electron chi connectivity index (χ2n) is 5.11. The van der Waals surface area contributed by atoms with Gasteiger partial charge in [0.25, 0.3) is 0 Å². The van der Waals surface area contributed by atoms with E-state index in [0.717, 1.165) is 29.4 Å². The molecule has 1 heterocycles. The minimum Gasteiger partial charge on any atom is -0.491 e. The van der Waals surface area contributed by atoms with Gasteiger partial charge in [-0.1, -0.05) is 18.3 Å². The standard InChI is InChI=1S/C15H22N2OS/c1-6-7-16-15-17-13-10(4)8-12(18-9(2)3)11(5)14(13)19-15/h8-9H,6-7H2,1-5H3,(H,16,17). The van der Waals surface area contributed by atoms with Crippen molar-refractivity contribution in [1.82, 2.24) is 4.98 Å². The van der Waals surface area contributed by atoms with Crippen molar-refractivity contribution >= 4 is 26.7 Å². The molecule has 0 bridgehead atoms. The molecule has 0 aliphatic rings. The molecule has 0 fully saturated rings. The van der Waals surface area contributed by atoms with E-state index in [9.17, 15) is 0 Å². The number of ether oxygens (including phenoxy) is 1. The Kier molecular flexibility index (Phi) is 4.30. The van der Waals surface area contributed by atoms with Crippen molar-refractivity contribution in [2.75, 3.05) is 11.9 Å². The van der Waals surface area contributed by atoms with Crippen LogP contribution >= 0.6 is 11.3 Å². The Bertz CT molecular complexity index is 575. The first-order chi connectivity index (χ1) is 9.02. The summed E-state index contributed by atoms with van der Waals surface area (Å²) < 4.78 is 7.11. The number of thiazole rings is 1. The summed E-state index contributed by atoms with van der Waals surface area (Å²) >= 11 is 1.72. The summed E-state index contributed by atoms with van der Waals surface area (Å²) in [5, 5.41) is 4.37. The molecule has 1 aromatic heterocycles. The topological polar surface area (TPSA) is 34.2 Å². The maximum absolute atomic E-state index is 5.88. The molecule has 19 heavy (non-hydrogen) atoms. The van der Waals surface area contributed by atoms with Crippen LogP contribution < -0.4 is 10.1 Å². The number of nitrogens with one attached hydrogen (secondary N) is 1. The Morgan fingerprint density at radius 1 is 1.37 bits per heavy atom. The van der Waals surface area contributed by atoms with Crippen molar-refractivity contribution in [3.05, 3.63) is 17.2 Å². The van der Waals surface area contributed by atoms with Crippen LogP contribution in [-0.4, -0.2) is 17.6 Å². The highest BCUT2D eigenvalue weighted by Gasteiger charge is 2.13. The van der Waals surface area contributed by atoms with Gasteiger partial charge in [0.15, 0.2) is 5.13 Å². The van der Waals surface area contributed by atoms with Crippen molar-refractivity contribution in [2.45, 2.75) is 47.1 Å². The Morgan fingerprint density at radius 3 is 2.74 bits per heavy atom. The first-order valence-corrected chi connectivity index (χ1v) is 7.65. The summed E-state index contributed by atoms with van der Waals surface area (Å²) in [5.41, 5.74) is 3.46. The SMILES string of the molecule is CCCNc1nc2c(C)cc(OC(C)C)c(C)c2s1. The smallest absolute Gasteiger partial charge is 0.183 e. The molecule has 2 aromatic rings. The molecule has 4 heteroatoms. The highest BCUT2D eigenvalue weighted by Crippen LogP contribution is 2.36. The molecule has 0 unspecified atom stereocenters. The lowest BCUT2D eigenvalue weighted by atomic mass is 10.1. The van der Waals surface area contributed by atoms with E-state index in [1.807, 2.05) is 0 Å². The zero-order valence-corrected chi connectivity index (χ0v) is 13.1. The third kappa shape index (κ3) is 3.00. The quantitative estimate of drug-likeness (QED) is 0.873. The van der Waals surface area contributed by atoms with E-state index in [1.165, 1.54) is 15.8 Å². The lowest BCUT2D eigenvalue weighted by molar-refractivity contribution is 0.241. The predicted molar refractivity (Wildman–Crippen MR) is 83.6 cm³/mol. The number of nitrogens with zero attached hydrogens (tertiary/aromatic N) is 1. The fourth-order valence-electron chi connectivity index (χ4n) is 2.01. The Labute approximate surface area is 119 Å². The molecule has 1 aromatic carbocycles. The number of anilines is 1. The summed E-state index contributed by atoms with van der Waals surface area (Å²) in [7, 11) is 0. The minimum absolute atomic E-state index is 0.196. The van der Waals surface area contributed by atoms with Crippen LogP contribution in [0.2, 0.25) is 0 Å². The van der Waals surface area contributed by atoms with E-state index < -0.39 is 0 Å². The summed E-state index contributed by atoms with van der Waals surface area (Å²) in [4.78, 5) is 4.68. The number of aryl methyl sites for hydroxylation is 2. The van der Waals surface area contributed by atoms with Gasteiger partial charge in [0.05, 0.1) is 16.3 Å². The van der Waals surface area contributed by atoms with Gasteiger partial charge in [0.1, 0.15) is 5.75 Å². The number of benzene rings is 1. The van der Waals surface area contributed by atoms with E-state index in [-0.39, 0.29) is 6.10 Å². The summed E-state index contributed by atoms with van der Waals surface area (Å²) in [6, 6.07) is 2.10. The molecular formula is C15H22N2OS. The molecule has 0 saturated heterocycles. The summed E-state index contributed by atoms with van der Waals surface area (Å²) in [5.74, 6) is 0.977. The molecule has 0 saturated carbocycles. The zero-order chi connectivity index (χ0) is 14.0. The van der Waals surface area contributed by atoms with Crippen molar-refractivity contribution in [2.24, 2.45) is 0 Å². The molecule has 104 valence electrons. The van der Waals surface area contributed by atoms with Crippen LogP contribution in [0.4, 0.5) is 5.13 Å². The van der Waals surface area contributed by atoms with E-state index in [0.29, 0.717) is 0 Å². The van der Waals surface area contributed by atoms with E-state index >= 15 is 0 Å².